The van der Waals surface area contributed by atoms with E-state index >= 15 is 0 Å². The van der Waals surface area contributed by atoms with Crippen LogP contribution in [0.5, 0.6) is 0 Å². The van der Waals surface area contributed by atoms with Gasteiger partial charge in [-0.15, -0.1) is 17.5 Å². The average molecular weight is 350 g/mol. The lowest BCUT2D eigenvalue weighted by Crippen LogP contribution is -2.42. The summed E-state index contributed by atoms with van der Waals surface area (Å²) in [6.45, 7) is 4.57. The molecule has 1 aliphatic heterocycles. The number of benzene rings is 1. The molecule has 0 bridgehead atoms. The van der Waals surface area contributed by atoms with E-state index in [0.29, 0.717) is 11.6 Å². The van der Waals surface area contributed by atoms with Crippen LogP contribution in [0.4, 0.5) is 0 Å². The van der Waals surface area contributed by atoms with Gasteiger partial charge in [0.15, 0.2) is 5.69 Å². The van der Waals surface area contributed by atoms with Gasteiger partial charge in [0.2, 0.25) is 0 Å². The molecular formula is C17H24ClN5O. The van der Waals surface area contributed by atoms with Crippen molar-refractivity contribution in [3.05, 3.63) is 41.7 Å². The van der Waals surface area contributed by atoms with Gasteiger partial charge in [-0.25, -0.2) is 4.68 Å². The number of hydrogen-bond acceptors (Lipinski definition) is 4. The molecule has 1 amide bonds. The fraction of sp³-hybridized carbons (Fsp3) is 0.471. The van der Waals surface area contributed by atoms with Crippen LogP contribution in [-0.4, -0.2) is 52.5 Å². The molecule has 6 nitrogen and oxygen atoms in total. The SMILES string of the molecule is CNCC1CCCN(C(=O)c2cn(-c3ccc(C)cc3)nn2)C1.Cl. The normalized spacial score (nSPS) is 17.4. The van der Waals surface area contributed by atoms with E-state index in [1.54, 1.807) is 10.9 Å². The predicted molar refractivity (Wildman–Crippen MR) is 95.9 cm³/mol. The van der Waals surface area contributed by atoms with Gasteiger partial charge in [0, 0.05) is 13.1 Å². The van der Waals surface area contributed by atoms with Crippen LogP contribution in [0.15, 0.2) is 30.5 Å². The van der Waals surface area contributed by atoms with Gasteiger partial charge < -0.3 is 10.2 Å². The number of nitrogens with zero attached hydrogens (tertiary/aromatic N) is 4. The van der Waals surface area contributed by atoms with Crippen molar-refractivity contribution in [1.29, 1.82) is 0 Å². The fourth-order valence-electron chi connectivity index (χ4n) is 3.05. The number of rotatable bonds is 4. The van der Waals surface area contributed by atoms with Crippen molar-refractivity contribution in [1.82, 2.24) is 25.2 Å². The van der Waals surface area contributed by atoms with E-state index in [0.717, 1.165) is 31.7 Å². The molecule has 130 valence electrons. The molecule has 1 aromatic carbocycles. The lowest BCUT2D eigenvalue weighted by molar-refractivity contribution is 0.0668. The molecule has 0 radical (unpaired) electrons. The van der Waals surface area contributed by atoms with Gasteiger partial charge in [0.25, 0.3) is 5.91 Å². The van der Waals surface area contributed by atoms with Gasteiger partial charge in [0.05, 0.1) is 11.9 Å². The Morgan fingerprint density at radius 3 is 2.79 bits per heavy atom. The van der Waals surface area contributed by atoms with E-state index in [1.807, 2.05) is 43.1 Å². The number of hydrogen-bond donors (Lipinski definition) is 1. The Hall–Kier alpha value is -1.92. The zero-order chi connectivity index (χ0) is 16.2. The maximum atomic E-state index is 12.6. The molecule has 3 rings (SSSR count). The zero-order valence-electron chi connectivity index (χ0n) is 14.1. The van der Waals surface area contributed by atoms with E-state index in [9.17, 15) is 4.79 Å². The summed E-state index contributed by atoms with van der Waals surface area (Å²) in [7, 11) is 1.95. The minimum Gasteiger partial charge on any atom is -0.337 e. The number of carbonyl (C=O) groups is 1. The topological polar surface area (TPSA) is 63.1 Å². The van der Waals surface area contributed by atoms with Crippen LogP contribution in [0.1, 0.15) is 28.9 Å². The van der Waals surface area contributed by atoms with Crippen molar-refractivity contribution >= 4 is 18.3 Å². The van der Waals surface area contributed by atoms with Crippen LogP contribution >= 0.6 is 12.4 Å². The van der Waals surface area contributed by atoms with Gasteiger partial charge in [-0.2, -0.15) is 0 Å². The Morgan fingerprint density at radius 1 is 1.33 bits per heavy atom. The first kappa shape index (κ1) is 18.4. The van der Waals surface area contributed by atoms with Crippen LogP contribution in [-0.2, 0) is 0 Å². The highest BCUT2D eigenvalue weighted by Crippen LogP contribution is 2.18. The van der Waals surface area contributed by atoms with Crippen LogP contribution < -0.4 is 5.32 Å². The van der Waals surface area contributed by atoms with Crippen molar-refractivity contribution in [2.24, 2.45) is 5.92 Å². The third-order valence-electron chi connectivity index (χ3n) is 4.31. The Morgan fingerprint density at radius 2 is 2.08 bits per heavy atom. The minimum atomic E-state index is -0.0239. The molecular weight excluding hydrogens is 326 g/mol. The molecule has 1 fully saturated rings. The van der Waals surface area contributed by atoms with Crippen molar-refractivity contribution < 1.29 is 4.79 Å². The predicted octanol–water partition coefficient (Wildman–Crippen LogP) is 2.07. The highest BCUT2D eigenvalue weighted by atomic mass is 35.5. The third kappa shape index (κ3) is 4.13. The second-order valence-electron chi connectivity index (χ2n) is 6.20. The lowest BCUT2D eigenvalue weighted by atomic mass is 9.98. The van der Waals surface area contributed by atoms with E-state index < -0.39 is 0 Å². The molecule has 7 heteroatoms. The van der Waals surface area contributed by atoms with Gasteiger partial charge in [-0.1, -0.05) is 22.9 Å². The van der Waals surface area contributed by atoms with Crippen molar-refractivity contribution in [3.8, 4) is 5.69 Å². The fourth-order valence-corrected chi connectivity index (χ4v) is 3.05. The second kappa shape index (κ2) is 8.26. The monoisotopic (exact) mass is 349 g/mol. The van der Waals surface area contributed by atoms with E-state index in [2.05, 4.69) is 15.6 Å². The van der Waals surface area contributed by atoms with E-state index in [4.69, 9.17) is 0 Å². The molecule has 24 heavy (non-hydrogen) atoms. The molecule has 2 heterocycles. The molecule has 2 aromatic rings. The van der Waals surface area contributed by atoms with Gasteiger partial charge >= 0.3 is 0 Å². The number of nitrogens with one attached hydrogen (secondary N) is 1. The number of likely N-dealkylation sites (tertiary alicyclic amines) is 1. The smallest absolute Gasteiger partial charge is 0.276 e. The Kier molecular flexibility index (Phi) is 6.34. The van der Waals surface area contributed by atoms with Crippen LogP contribution in [0.3, 0.4) is 0 Å². The number of halogens is 1. The van der Waals surface area contributed by atoms with Crippen LogP contribution in [0, 0.1) is 12.8 Å². The molecule has 0 saturated carbocycles. The summed E-state index contributed by atoms with van der Waals surface area (Å²) in [5.74, 6) is 0.494. The summed E-state index contributed by atoms with van der Waals surface area (Å²) in [5, 5.41) is 11.4. The standard InChI is InChI=1S/C17H23N5O.ClH/c1-13-5-7-15(8-6-13)22-12-16(19-20-22)17(23)21-9-3-4-14(11-21)10-18-2;/h5-8,12,14,18H,3-4,9-11H2,1-2H3;1H. The van der Waals surface area contributed by atoms with Gasteiger partial charge in [0.1, 0.15) is 0 Å². The highest BCUT2D eigenvalue weighted by Gasteiger charge is 2.25. The zero-order valence-corrected chi connectivity index (χ0v) is 14.9. The first-order chi connectivity index (χ1) is 11.2. The van der Waals surface area contributed by atoms with Gasteiger partial charge in [-0.05, 0) is 51.4 Å². The van der Waals surface area contributed by atoms with E-state index in [1.165, 1.54) is 12.0 Å². The number of aromatic nitrogens is 3. The van der Waals surface area contributed by atoms with Crippen LogP contribution in [0.25, 0.3) is 5.69 Å². The van der Waals surface area contributed by atoms with Gasteiger partial charge in [-0.3, -0.25) is 4.79 Å². The summed E-state index contributed by atoms with van der Waals surface area (Å²) < 4.78 is 1.65. The number of piperidine rings is 1. The van der Waals surface area contributed by atoms with Crippen LogP contribution in [0.2, 0.25) is 0 Å². The molecule has 1 saturated heterocycles. The first-order valence-corrected chi connectivity index (χ1v) is 8.10. The highest BCUT2D eigenvalue weighted by molar-refractivity contribution is 5.92. The third-order valence-corrected chi connectivity index (χ3v) is 4.31. The summed E-state index contributed by atoms with van der Waals surface area (Å²) in [5.41, 5.74) is 2.51. The molecule has 1 unspecified atom stereocenters. The molecule has 1 aliphatic rings. The number of aryl methyl sites for hydroxylation is 1. The molecule has 1 atom stereocenters. The Labute approximate surface area is 148 Å². The average Bonchev–Trinajstić information content (AvgIpc) is 3.05. The Bertz CT molecular complexity index is 668. The summed E-state index contributed by atoms with van der Waals surface area (Å²) in [6.07, 6.45) is 3.93. The molecule has 0 aliphatic carbocycles. The number of carbonyl (C=O) groups excluding carboxylic acids is 1. The van der Waals surface area contributed by atoms with Crippen molar-refractivity contribution in [2.45, 2.75) is 19.8 Å². The Balaban J connectivity index is 0.00000208. The second-order valence-corrected chi connectivity index (χ2v) is 6.20. The van der Waals surface area contributed by atoms with Crippen molar-refractivity contribution in [3.63, 3.8) is 0 Å². The van der Waals surface area contributed by atoms with Crippen molar-refractivity contribution in [2.75, 3.05) is 26.7 Å². The molecule has 1 N–H and O–H groups in total. The maximum absolute atomic E-state index is 12.6. The first-order valence-electron chi connectivity index (χ1n) is 8.10. The largest absolute Gasteiger partial charge is 0.337 e. The lowest BCUT2D eigenvalue weighted by Gasteiger charge is -2.32. The van der Waals surface area contributed by atoms with E-state index in [-0.39, 0.29) is 18.3 Å². The summed E-state index contributed by atoms with van der Waals surface area (Å²) >= 11 is 0. The summed E-state index contributed by atoms with van der Waals surface area (Å²) in [4.78, 5) is 14.5. The number of amides is 1. The minimum absolute atomic E-state index is 0. The maximum Gasteiger partial charge on any atom is 0.276 e. The quantitative estimate of drug-likeness (QED) is 0.917. The molecule has 1 aromatic heterocycles. The molecule has 0 spiro atoms. The summed E-state index contributed by atoms with van der Waals surface area (Å²) in [6, 6.07) is 7.99.